The molecule has 0 aliphatic heterocycles. The van der Waals surface area contributed by atoms with Crippen molar-refractivity contribution in [2.45, 2.75) is 26.2 Å². The van der Waals surface area contributed by atoms with E-state index in [1.165, 1.54) is 5.56 Å². The van der Waals surface area contributed by atoms with Crippen LogP contribution in [-0.2, 0) is 26.5 Å². The summed E-state index contributed by atoms with van der Waals surface area (Å²) >= 11 is 0. The molecule has 7 heteroatoms. The van der Waals surface area contributed by atoms with Gasteiger partial charge in [0.25, 0.3) is 6.33 Å². The molecule has 0 aliphatic rings. The van der Waals surface area contributed by atoms with Gasteiger partial charge in [0.15, 0.2) is 0 Å². The number of benzene rings is 6. The molecule has 0 radical (unpaired) electrons. The van der Waals surface area contributed by atoms with Gasteiger partial charge >= 0.3 is 0 Å². The Bertz CT molecular complexity index is 3110. The number of nitrogens with zero attached hydrogens (tertiary/aromatic N) is 6. The van der Waals surface area contributed by atoms with Crippen LogP contribution in [0.15, 0.2) is 181 Å². The molecule has 0 spiro atoms. The van der Waals surface area contributed by atoms with E-state index in [1.54, 1.807) is 0 Å². The largest absolute Gasteiger partial charge is 0.388 e. The zero-order chi connectivity index (χ0) is 38.5. The predicted octanol–water partition coefficient (Wildman–Crippen LogP) is 10.8. The molecular formula is C51H38N6Pt-2. The number of aromatic nitrogens is 5. The third kappa shape index (κ3) is 6.59. The Morgan fingerprint density at radius 1 is 0.638 bits per heavy atom. The molecule has 0 atom stereocenters. The number of para-hydroxylation sites is 4. The zero-order valence-electron chi connectivity index (χ0n) is 32.2. The van der Waals surface area contributed by atoms with Crippen molar-refractivity contribution in [3.8, 4) is 39.4 Å². The van der Waals surface area contributed by atoms with E-state index in [4.69, 9.17) is 15.0 Å². The van der Waals surface area contributed by atoms with Gasteiger partial charge < -0.3 is 19.1 Å². The maximum absolute atomic E-state index is 5.17. The molecule has 6 nitrogen and oxygen atoms in total. The van der Waals surface area contributed by atoms with E-state index in [2.05, 4.69) is 199 Å². The smallest absolute Gasteiger partial charge is 0.268 e. The summed E-state index contributed by atoms with van der Waals surface area (Å²) in [6, 6.07) is 62.4. The topological polar surface area (TPSA) is 53.1 Å². The molecule has 0 saturated carbocycles. The van der Waals surface area contributed by atoms with Crippen LogP contribution in [0, 0.1) is 12.4 Å². The number of hydrogen-bond acceptors (Lipinski definition) is 2. The fourth-order valence-electron chi connectivity index (χ4n) is 7.78. The summed E-state index contributed by atoms with van der Waals surface area (Å²) in [6.07, 6.45) is 5.64. The van der Waals surface area contributed by atoms with Gasteiger partial charge in [-0.2, -0.15) is 24.3 Å². The van der Waals surface area contributed by atoms with Crippen LogP contribution in [-0.4, -0.2) is 14.1 Å². The molecule has 0 aliphatic carbocycles. The molecule has 10 rings (SSSR count). The van der Waals surface area contributed by atoms with Gasteiger partial charge in [-0.25, -0.2) is 0 Å². The van der Waals surface area contributed by atoms with Crippen molar-refractivity contribution in [2.24, 2.45) is 4.99 Å². The summed E-state index contributed by atoms with van der Waals surface area (Å²) in [5.74, 6) is 0.833. The first-order valence-corrected chi connectivity index (χ1v) is 19.2. The van der Waals surface area contributed by atoms with Gasteiger partial charge in [0.05, 0.1) is 22.5 Å². The van der Waals surface area contributed by atoms with Crippen molar-refractivity contribution in [1.29, 1.82) is 0 Å². The summed E-state index contributed by atoms with van der Waals surface area (Å²) < 4.78 is 6.41. The molecule has 0 bridgehead atoms. The molecule has 4 aromatic heterocycles. The quantitative estimate of drug-likeness (QED) is 0.123. The van der Waals surface area contributed by atoms with Crippen molar-refractivity contribution < 1.29 is 25.6 Å². The first-order valence-electron chi connectivity index (χ1n) is 19.2. The summed E-state index contributed by atoms with van der Waals surface area (Å²) in [6.45, 7) is 6.66. The fourth-order valence-corrected chi connectivity index (χ4v) is 7.78. The minimum atomic E-state index is -0.0254. The number of imidazole rings is 1. The molecule has 10 aromatic rings. The third-order valence-corrected chi connectivity index (χ3v) is 10.6. The normalized spacial score (nSPS) is 12.0. The van der Waals surface area contributed by atoms with Gasteiger partial charge in [0, 0.05) is 38.4 Å². The standard InChI is InChI=1S/C51H38N6.Pt/c1-51(2,3)37-30-31-52-48(32-37)57-44-25-11-10-22-42(44)43-28-29-47(54-50(43)57)53-38-20-14-21-39(33-38)55-34-56(46-27-13-12-26-45(46)55)49-40(35-16-6-4-7-17-35)23-15-24-41(49)36-18-8-5-9-19-36;/h4-32H,1-3H3;/q-2;. The summed E-state index contributed by atoms with van der Waals surface area (Å²) in [4.78, 5) is 15.1. The van der Waals surface area contributed by atoms with E-state index < -0.39 is 0 Å². The fraction of sp³-hybridized carbons (Fsp3) is 0.0784. The summed E-state index contributed by atoms with van der Waals surface area (Å²) in [5, 5.41) is 2.17. The van der Waals surface area contributed by atoms with Crippen LogP contribution >= 0.6 is 0 Å². The van der Waals surface area contributed by atoms with Crippen molar-refractivity contribution in [2.75, 3.05) is 0 Å². The molecule has 0 saturated heterocycles. The number of rotatable bonds is 6. The average Bonchev–Trinajstić information content (AvgIpc) is 3.80. The number of fused-ring (bicyclic) bond motifs is 4. The summed E-state index contributed by atoms with van der Waals surface area (Å²) in [7, 11) is 0. The second-order valence-corrected chi connectivity index (χ2v) is 15.3. The van der Waals surface area contributed by atoms with Gasteiger partial charge in [-0.3, -0.25) is 9.55 Å². The molecule has 0 N–H and O–H groups in total. The molecule has 4 heterocycles. The molecule has 58 heavy (non-hydrogen) atoms. The van der Waals surface area contributed by atoms with Crippen LogP contribution < -0.4 is 15.0 Å². The monoisotopic (exact) mass is 929 g/mol. The SMILES string of the molecule is CC(C)(C)c1ccnc(-n2c3ccccc3c3ccc(=Nc4[c-]c(-n5[c-][n+](-c6c(-c7ccccc7)cccc6-c6ccccc6)c6ccccc65)ccc4)[n-]c32)c1.[Pt]. The summed E-state index contributed by atoms with van der Waals surface area (Å²) in [5.41, 5.74) is 12.7. The zero-order valence-corrected chi connectivity index (χ0v) is 34.5. The van der Waals surface area contributed by atoms with Crippen LogP contribution in [0.3, 0.4) is 0 Å². The first kappa shape index (κ1) is 37.0. The van der Waals surface area contributed by atoms with E-state index >= 15 is 0 Å². The predicted molar refractivity (Wildman–Crippen MR) is 229 cm³/mol. The minimum Gasteiger partial charge on any atom is -0.388 e. The van der Waals surface area contributed by atoms with Crippen LogP contribution in [0.4, 0.5) is 5.69 Å². The second kappa shape index (κ2) is 15.0. The van der Waals surface area contributed by atoms with Crippen molar-refractivity contribution in [1.82, 2.24) is 19.1 Å². The van der Waals surface area contributed by atoms with Crippen LogP contribution in [0.2, 0.25) is 0 Å². The number of hydrogen-bond donors (Lipinski definition) is 0. The molecule has 0 amide bonds. The van der Waals surface area contributed by atoms with Crippen LogP contribution in [0.25, 0.3) is 72.4 Å². The Morgan fingerprint density at radius 3 is 2.02 bits per heavy atom. The molecule has 0 unspecified atom stereocenters. The van der Waals surface area contributed by atoms with E-state index in [0.29, 0.717) is 11.2 Å². The molecule has 284 valence electrons. The van der Waals surface area contributed by atoms with Crippen LogP contribution in [0.1, 0.15) is 26.3 Å². The molecular weight excluding hydrogens is 892 g/mol. The van der Waals surface area contributed by atoms with Crippen molar-refractivity contribution in [3.63, 3.8) is 0 Å². The van der Waals surface area contributed by atoms with Gasteiger partial charge in [0.2, 0.25) is 0 Å². The van der Waals surface area contributed by atoms with Gasteiger partial charge in [-0.15, -0.1) is 5.69 Å². The maximum atomic E-state index is 5.17. The van der Waals surface area contributed by atoms with Crippen LogP contribution in [0.5, 0.6) is 0 Å². The van der Waals surface area contributed by atoms with E-state index in [9.17, 15) is 0 Å². The minimum absolute atomic E-state index is 0. The molecule has 0 fully saturated rings. The Balaban J connectivity index is 0.00000436. The Kier molecular flexibility index (Phi) is 9.59. The van der Waals surface area contributed by atoms with Gasteiger partial charge in [0.1, 0.15) is 0 Å². The number of pyridine rings is 2. The Labute approximate surface area is 351 Å². The Morgan fingerprint density at radius 2 is 1.29 bits per heavy atom. The third-order valence-electron chi connectivity index (χ3n) is 10.6. The van der Waals surface area contributed by atoms with Crippen molar-refractivity contribution in [3.05, 3.63) is 199 Å². The van der Waals surface area contributed by atoms with E-state index in [-0.39, 0.29) is 26.5 Å². The first-order chi connectivity index (χ1) is 27.9. The van der Waals surface area contributed by atoms with Crippen molar-refractivity contribution >= 4 is 38.7 Å². The van der Waals surface area contributed by atoms with E-state index in [1.807, 2.05) is 24.4 Å². The molecule has 6 aromatic carbocycles. The second-order valence-electron chi connectivity index (χ2n) is 15.3. The van der Waals surface area contributed by atoms with Gasteiger partial charge in [-0.1, -0.05) is 154 Å². The van der Waals surface area contributed by atoms with Gasteiger partial charge in [-0.05, 0) is 73.4 Å². The Hall–Kier alpha value is -6.62. The maximum Gasteiger partial charge on any atom is 0.268 e. The average molecular weight is 930 g/mol. The van der Waals surface area contributed by atoms with E-state index in [0.717, 1.165) is 72.4 Å².